The van der Waals surface area contributed by atoms with Gasteiger partial charge in [0.25, 0.3) is 0 Å². The first kappa shape index (κ1) is 13.3. The molecule has 1 aliphatic heterocycles. The molecule has 1 aromatic rings. The lowest BCUT2D eigenvalue weighted by Gasteiger charge is -2.43. The topological polar surface area (TPSA) is 23.5 Å². The lowest BCUT2D eigenvalue weighted by Crippen LogP contribution is -2.46. The predicted molar refractivity (Wildman–Crippen MR) is 72.1 cm³/mol. The Balaban J connectivity index is 2.40. The van der Waals surface area contributed by atoms with Gasteiger partial charge in [-0.3, -0.25) is 0 Å². The average molecular weight is 251 g/mol. The highest BCUT2D eigenvalue weighted by Gasteiger charge is 2.31. The van der Waals surface area contributed by atoms with Crippen molar-refractivity contribution in [1.29, 1.82) is 0 Å². The van der Waals surface area contributed by atoms with E-state index in [4.69, 9.17) is 0 Å². The van der Waals surface area contributed by atoms with Gasteiger partial charge in [0.15, 0.2) is 0 Å². The summed E-state index contributed by atoms with van der Waals surface area (Å²) in [6.07, 6.45) is 1.18. The van der Waals surface area contributed by atoms with Crippen LogP contribution in [0.15, 0.2) is 18.2 Å². The normalized spacial score (nSPS) is 28.5. The van der Waals surface area contributed by atoms with Crippen LogP contribution in [-0.2, 0) is 6.61 Å². The van der Waals surface area contributed by atoms with E-state index in [1.54, 1.807) is 12.1 Å². The molecule has 0 aromatic heterocycles. The SMILES string of the molecule is CC1CC(C)C(C)N(c2c(F)cccc2CO)C1. The van der Waals surface area contributed by atoms with E-state index in [-0.39, 0.29) is 12.4 Å². The number of hydrogen-bond acceptors (Lipinski definition) is 2. The summed E-state index contributed by atoms with van der Waals surface area (Å²) in [6.45, 7) is 7.31. The van der Waals surface area contributed by atoms with Gasteiger partial charge in [0, 0.05) is 18.2 Å². The van der Waals surface area contributed by atoms with Crippen LogP contribution in [0.4, 0.5) is 10.1 Å². The number of benzene rings is 1. The molecule has 0 aliphatic carbocycles. The number of piperidine rings is 1. The number of para-hydroxylation sites is 1. The minimum Gasteiger partial charge on any atom is -0.392 e. The smallest absolute Gasteiger partial charge is 0.146 e. The van der Waals surface area contributed by atoms with Crippen LogP contribution in [0.25, 0.3) is 0 Å². The number of nitrogens with zero attached hydrogens (tertiary/aromatic N) is 1. The van der Waals surface area contributed by atoms with Crippen LogP contribution in [0.3, 0.4) is 0 Å². The first-order valence-corrected chi connectivity index (χ1v) is 6.69. The van der Waals surface area contributed by atoms with Gasteiger partial charge >= 0.3 is 0 Å². The zero-order valence-corrected chi connectivity index (χ0v) is 11.4. The molecule has 1 heterocycles. The van der Waals surface area contributed by atoms with Crippen LogP contribution in [0.5, 0.6) is 0 Å². The van der Waals surface area contributed by atoms with Crippen molar-refractivity contribution in [2.45, 2.75) is 39.8 Å². The maximum absolute atomic E-state index is 14.1. The van der Waals surface area contributed by atoms with Crippen molar-refractivity contribution in [3.8, 4) is 0 Å². The molecule has 2 rings (SSSR count). The molecular weight excluding hydrogens is 229 g/mol. The number of aliphatic hydroxyl groups is 1. The van der Waals surface area contributed by atoms with Gasteiger partial charge in [-0.1, -0.05) is 26.0 Å². The Bertz CT molecular complexity index is 421. The van der Waals surface area contributed by atoms with Crippen molar-refractivity contribution in [1.82, 2.24) is 0 Å². The maximum atomic E-state index is 14.1. The van der Waals surface area contributed by atoms with Gasteiger partial charge in [0.2, 0.25) is 0 Å². The summed E-state index contributed by atoms with van der Waals surface area (Å²) in [4.78, 5) is 2.12. The standard InChI is InChI=1S/C15H22FNO/c1-10-7-11(2)12(3)17(8-10)15-13(9-18)5-4-6-14(15)16/h4-6,10-12,18H,7-9H2,1-3H3. The molecule has 2 nitrogen and oxygen atoms in total. The second kappa shape index (κ2) is 5.27. The molecule has 18 heavy (non-hydrogen) atoms. The molecule has 3 unspecified atom stereocenters. The molecule has 3 heteroatoms. The molecule has 0 spiro atoms. The van der Waals surface area contributed by atoms with Crippen molar-refractivity contribution in [3.63, 3.8) is 0 Å². The first-order chi connectivity index (χ1) is 8.54. The van der Waals surface area contributed by atoms with Crippen LogP contribution in [-0.4, -0.2) is 17.7 Å². The number of anilines is 1. The lowest BCUT2D eigenvalue weighted by molar-refractivity contribution is 0.274. The molecule has 0 bridgehead atoms. The van der Waals surface area contributed by atoms with Crippen LogP contribution in [0, 0.1) is 17.7 Å². The summed E-state index contributed by atoms with van der Waals surface area (Å²) in [5, 5.41) is 9.40. The highest BCUT2D eigenvalue weighted by molar-refractivity contribution is 5.56. The van der Waals surface area contributed by atoms with Crippen molar-refractivity contribution in [3.05, 3.63) is 29.6 Å². The van der Waals surface area contributed by atoms with E-state index in [0.29, 0.717) is 29.1 Å². The number of rotatable bonds is 2. The average Bonchev–Trinajstić information content (AvgIpc) is 2.33. The third kappa shape index (κ3) is 2.37. The van der Waals surface area contributed by atoms with Gasteiger partial charge in [-0.25, -0.2) is 4.39 Å². The Morgan fingerprint density at radius 1 is 1.33 bits per heavy atom. The zero-order chi connectivity index (χ0) is 13.3. The largest absolute Gasteiger partial charge is 0.392 e. The first-order valence-electron chi connectivity index (χ1n) is 6.69. The lowest BCUT2D eigenvalue weighted by atomic mass is 9.85. The van der Waals surface area contributed by atoms with Crippen LogP contribution in [0.2, 0.25) is 0 Å². The summed E-state index contributed by atoms with van der Waals surface area (Å²) in [7, 11) is 0. The van der Waals surface area contributed by atoms with E-state index in [0.717, 1.165) is 6.54 Å². The quantitative estimate of drug-likeness (QED) is 0.872. The van der Waals surface area contributed by atoms with Crippen molar-refractivity contribution in [2.75, 3.05) is 11.4 Å². The van der Waals surface area contributed by atoms with Gasteiger partial charge in [-0.2, -0.15) is 0 Å². The van der Waals surface area contributed by atoms with Crippen LogP contribution >= 0.6 is 0 Å². The fourth-order valence-corrected chi connectivity index (χ4v) is 3.02. The maximum Gasteiger partial charge on any atom is 0.146 e. The minimum atomic E-state index is -0.227. The Morgan fingerprint density at radius 3 is 2.72 bits per heavy atom. The van der Waals surface area contributed by atoms with Gasteiger partial charge in [0.05, 0.1) is 12.3 Å². The molecule has 1 saturated heterocycles. The van der Waals surface area contributed by atoms with E-state index in [2.05, 4.69) is 25.7 Å². The Kier molecular flexibility index (Phi) is 3.91. The summed E-state index contributed by atoms with van der Waals surface area (Å²) >= 11 is 0. The monoisotopic (exact) mass is 251 g/mol. The molecule has 3 atom stereocenters. The molecule has 1 N–H and O–H groups in total. The molecule has 1 aromatic carbocycles. The van der Waals surface area contributed by atoms with E-state index in [9.17, 15) is 9.50 Å². The fourth-order valence-electron chi connectivity index (χ4n) is 3.02. The second-order valence-electron chi connectivity index (χ2n) is 5.62. The van der Waals surface area contributed by atoms with Crippen LogP contribution < -0.4 is 4.90 Å². The molecule has 1 aliphatic rings. The molecule has 100 valence electrons. The van der Waals surface area contributed by atoms with Gasteiger partial charge < -0.3 is 10.0 Å². The Hall–Kier alpha value is -1.09. The van der Waals surface area contributed by atoms with Gasteiger partial charge in [-0.15, -0.1) is 0 Å². The Labute approximate surface area is 108 Å². The predicted octanol–water partition coefficient (Wildman–Crippen LogP) is 3.19. The Morgan fingerprint density at radius 2 is 2.06 bits per heavy atom. The summed E-state index contributed by atoms with van der Waals surface area (Å²) in [5.41, 5.74) is 1.27. The number of aliphatic hydroxyl groups excluding tert-OH is 1. The summed E-state index contributed by atoms with van der Waals surface area (Å²) in [5.74, 6) is 0.872. The van der Waals surface area contributed by atoms with Crippen molar-refractivity contribution < 1.29 is 9.50 Å². The van der Waals surface area contributed by atoms with E-state index >= 15 is 0 Å². The van der Waals surface area contributed by atoms with E-state index < -0.39 is 0 Å². The van der Waals surface area contributed by atoms with Crippen molar-refractivity contribution in [2.24, 2.45) is 11.8 Å². The number of halogens is 1. The molecule has 0 radical (unpaired) electrons. The van der Waals surface area contributed by atoms with Crippen LogP contribution in [0.1, 0.15) is 32.8 Å². The molecule has 1 fully saturated rings. The van der Waals surface area contributed by atoms with E-state index in [1.165, 1.54) is 12.5 Å². The highest BCUT2D eigenvalue weighted by Crippen LogP contribution is 2.34. The molecular formula is C15H22FNO. The molecule has 0 amide bonds. The third-order valence-corrected chi connectivity index (χ3v) is 4.13. The fraction of sp³-hybridized carbons (Fsp3) is 0.600. The van der Waals surface area contributed by atoms with E-state index in [1.807, 2.05) is 0 Å². The third-order valence-electron chi connectivity index (χ3n) is 4.13. The number of hydrogen-bond donors (Lipinski definition) is 1. The highest BCUT2D eigenvalue weighted by atomic mass is 19.1. The van der Waals surface area contributed by atoms with Gasteiger partial charge in [0.1, 0.15) is 5.82 Å². The second-order valence-corrected chi connectivity index (χ2v) is 5.62. The van der Waals surface area contributed by atoms with Crippen molar-refractivity contribution >= 4 is 5.69 Å². The summed E-state index contributed by atoms with van der Waals surface area (Å²) in [6, 6.07) is 5.25. The summed E-state index contributed by atoms with van der Waals surface area (Å²) < 4.78 is 14.1. The minimum absolute atomic E-state index is 0.112. The van der Waals surface area contributed by atoms with Gasteiger partial charge in [-0.05, 0) is 31.2 Å². The molecule has 0 saturated carbocycles. The zero-order valence-electron chi connectivity index (χ0n) is 11.4.